The Kier molecular flexibility index (Phi) is 3.65. The summed E-state index contributed by atoms with van der Waals surface area (Å²) in [5.41, 5.74) is 5.09. The van der Waals surface area contributed by atoms with Gasteiger partial charge in [0.25, 0.3) is 5.91 Å². The first-order valence-electron chi connectivity index (χ1n) is 8.20. The molecule has 0 saturated heterocycles. The lowest BCUT2D eigenvalue weighted by Crippen LogP contribution is -2.22. The van der Waals surface area contributed by atoms with E-state index in [4.69, 9.17) is 0 Å². The summed E-state index contributed by atoms with van der Waals surface area (Å²) < 4.78 is 2.17. The second-order valence-corrected chi connectivity index (χ2v) is 8.07. The molecule has 0 bridgehead atoms. The third-order valence-corrected chi connectivity index (χ3v) is 5.50. The normalized spacial score (nSPS) is 16.4. The topological polar surface area (TPSA) is 34.0 Å². The minimum absolute atomic E-state index is 0.0405. The second kappa shape index (κ2) is 5.71. The third-order valence-electron chi connectivity index (χ3n) is 4.36. The van der Waals surface area contributed by atoms with Crippen LogP contribution in [0.2, 0.25) is 0 Å². The summed E-state index contributed by atoms with van der Waals surface area (Å²) in [7, 11) is 0. The lowest BCUT2D eigenvalue weighted by atomic mass is 10.1. The van der Waals surface area contributed by atoms with Gasteiger partial charge in [0.05, 0.1) is 5.52 Å². The monoisotopic (exact) mass is 336 g/mol. The molecule has 0 aliphatic carbocycles. The fourth-order valence-corrected chi connectivity index (χ4v) is 4.67. The summed E-state index contributed by atoms with van der Waals surface area (Å²) in [4.78, 5) is 14.2. The van der Waals surface area contributed by atoms with E-state index in [0.717, 1.165) is 34.4 Å². The van der Waals surface area contributed by atoms with E-state index >= 15 is 0 Å². The summed E-state index contributed by atoms with van der Waals surface area (Å²) in [6.07, 6.45) is 0. The Morgan fingerprint density at radius 3 is 2.67 bits per heavy atom. The molecule has 1 N–H and O–H groups in total. The van der Waals surface area contributed by atoms with Gasteiger partial charge in [-0.05, 0) is 49.2 Å². The number of hydrogen-bond acceptors (Lipinski definition) is 2. The molecule has 122 valence electrons. The minimum Gasteiger partial charge on any atom is -0.334 e. The van der Waals surface area contributed by atoms with Crippen molar-refractivity contribution in [3.63, 3.8) is 0 Å². The zero-order chi connectivity index (χ0) is 16.8. The van der Waals surface area contributed by atoms with Crippen LogP contribution in [0.3, 0.4) is 0 Å². The molecule has 2 heterocycles. The number of benzene rings is 2. The third kappa shape index (κ3) is 2.61. The maximum atomic E-state index is 12.9. The highest BCUT2D eigenvalue weighted by Gasteiger charge is 2.24. The first-order chi connectivity index (χ1) is 11.5. The van der Waals surface area contributed by atoms with Crippen molar-refractivity contribution in [1.29, 1.82) is 0 Å². The number of anilines is 1. The molecular formula is C20H20N2OS. The number of carbonyl (C=O) groups is 1. The largest absolute Gasteiger partial charge is 0.334 e. The van der Waals surface area contributed by atoms with E-state index in [-0.39, 0.29) is 5.91 Å². The fraction of sp³-hybridized carbons (Fsp3) is 0.250. The van der Waals surface area contributed by atoms with Gasteiger partial charge in [0, 0.05) is 27.8 Å². The molecule has 1 atom stereocenters. The average Bonchev–Trinajstić information content (AvgIpc) is 2.86. The Morgan fingerprint density at radius 2 is 1.92 bits per heavy atom. The number of thioether (sulfide) groups is 1. The number of rotatable bonds is 2. The second-order valence-electron chi connectivity index (χ2n) is 6.59. The molecular weight excluding hydrogens is 316 g/mol. The molecule has 1 aliphatic rings. The fourth-order valence-electron chi connectivity index (χ4n) is 3.52. The van der Waals surface area contributed by atoms with Gasteiger partial charge in [-0.25, -0.2) is 0 Å². The summed E-state index contributed by atoms with van der Waals surface area (Å²) in [6.45, 7) is 7.16. The maximum absolute atomic E-state index is 12.9. The number of aryl methyl sites for hydroxylation is 2. The molecule has 4 rings (SSSR count). The van der Waals surface area contributed by atoms with Crippen molar-refractivity contribution in [3.8, 4) is 0 Å². The number of aromatic nitrogens is 1. The van der Waals surface area contributed by atoms with Crippen molar-refractivity contribution < 1.29 is 4.79 Å². The molecule has 0 radical (unpaired) electrons. The van der Waals surface area contributed by atoms with Crippen LogP contribution in [0.25, 0.3) is 10.9 Å². The Labute approximate surface area is 146 Å². The van der Waals surface area contributed by atoms with Crippen LogP contribution < -0.4 is 5.32 Å². The van der Waals surface area contributed by atoms with Crippen LogP contribution in [0.1, 0.15) is 28.5 Å². The maximum Gasteiger partial charge on any atom is 0.272 e. The van der Waals surface area contributed by atoms with Crippen LogP contribution in [0.5, 0.6) is 0 Å². The van der Waals surface area contributed by atoms with Gasteiger partial charge in [-0.15, -0.1) is 11.8 Å². The number of nitrogens with one attached hydrogen (secondary N) is 1. The van der Waals surface area contributed by atoms with E-state index in [1.165, 1.54) is 10.4 Å². The van der Waals surface area contributed by atoms with Crippen molar-refractivity contribution in [3.05, 3.63) is 59.3 Å². The summed E-state index contributed by atoms with van der Waals surface area (Å²) in [6, 6.07) is 14.4. The molecule has 24 heavy (non-hydrogen) atoms. The molecule has 0 fully saturated rings. The van der Waals surface area contributed by atoms with Crippen LogP contribution in [-0.4, -0.2) is 15.7 Å². The van der Waals surface area contributed by atoms with E-state index in [2.05, 4.69) is 41.1 Å². The predicted molar refractivity (Wildman–Crippen MR) is 101 cm³/mol. The molecule has 2 aromatic carbocycles. The van der Waals surface area contributed by atoms with Crippen LogP contribution in [0, 0.1) is 13.8 Å². The number of amides is 1. The van der Waals surface area contributed by atoms with Crippen molar-refractivity contribution in [2.45, 2.75) is 37.5 Å². The van der Waals surface area contributed by atoms with Crippen molar-refractivity contribution in [2.24, 2.45) is 0 Å². The molecule has 0 saturated carbocycles. The number of hydrogen-bond donors (Lipinski definition) is 1. The van der Waals surface area contributed by atoms with E-state index in [9.17, 15) is 4.79 Å². The van der Waals surface area contributed by atoms with Crippen LogP contribution >= 0.6 is 11.8 Å². The Morgan fingerprint density at radius 1 is 1.17 bits per heavy atom. The van der Waals surface area contributed by atoms with E-state index < -0.39 is 0 Å². The van der Waals surface area contributed by atoms with Gasteiger partial charge in [-0.3, -0.25) is 4.79 Å². The summed E-state index contributed by atoms with van der Waals surface area (Å²) >= 11 is 1.88. The summed E-state index contributed by atoms with van der Waals surface area (Å²) in [5.74, 6) is -0.0405. The Hall–Kier alpha value is -2.20. The number of carbonyl (C=O) groups excluding carboxylic acids is 1. The number of nitrogens with zero attached hydrogens (tertiary/aromatic N) is 1. The van der Waals surface area contributed by atoms with Crippen molar-refractivity contribution >= 4 is 34.3 Å². The first-order valence-corrected chi connectivity index (χ1v) is 9.08. The van der Waals surface area contributed by atoms with Gasteiger partial charge in [-0.2, -0.15) is 0 Å². The zero-order valence-corrected chi connectivity index (χ0v) is 14.9. The summed E-state index contributed by atoms with van der Waals surface area (Å²) in [5, 5.41) is 4.67. The minimum atomic E-state index is -0.0405. The van der Waals surface area contributed by atoms with Gasteiger partial charge in [0.15, 0.2) is 0 Å². The molecule has 1 amide bonds. The molecule has 0 spiro atoms. The van der Waals surface area contributed by atoms with E-state index in [1.807, 2.05) is 43.8 Å². The van der Waals surface area contributed by atoms with Crippen LogP contribution in [0.4, 0.5) is 5.69 Å². The highest BCUT2D eigenvalue weighted by molar-refractivity contribution is 8.00. The van der Waals surface area contributed by atoms with E-state index in [0.29, 0.717) is 5.25 Å². The van der Waals surface area contributed by atoms with Crippen LogP contribution in [0.15, 0.2) is 47.4 Å². The zero-order valence-electron chi connectivity index (χ0n) is 14.1. The Bertz CT molecular complexity index is 937. The molecule has 0 unspecified atom stereocenters. The van der Waals surface area contributed by atoms with Gasteiger partial charge in [0.2, 0.25) is 0 Å². The molecule has 1 aliphatic heterocycles. The molecule has 3 aromatic rings. The first kappa shape index (κ1) is 15.3. The lowest BCUT2D eigenvalue weighted by molar-refractivity contribution is 0.101. The SMILES string of the molecule is Cc1cc(C)cc(NC(=O)c2cc3cccc4c3n2C[C@@H](C)S4)c1. The molecule has 4 heteroatoms. The Balaban J connectivity index is 1.75. The lowest BCUT2D eigenvalue weighted by Gasteiger charge is -2.22. The van der Waals surface area contributed by atoms with Crippen molar-refractivity contribution in [2.75, 3.05) is 5.32 Å². The van der Waals surface area contributed by atoms with Crippen molar-refractivity contribution in [1.82, 2.24) is 4.57 Å². The van der Waals surface area contributed by atoms with Gasteiger partial charge >= 0.3 is 0 Å². The highest BCUT2D eigenvalue weighted by Crippen LogP contribution is 2.38. The molecule has 3 nitrogen and oxygen atoms in total. The predicted octanol–water partition coefficient (Wildman–Crippen LogP) is 5.00. The molecule has 1 aromatic heterocycles. The van der Waals surface area contributed by atoms with E-state index in [1.54, 1.807) is 0 Å². The smallest absolute Gasteiger partial charge is 0.272 e. The average molecular weight is 336 g/mol. The van der Waals surface area contributed by atoms with Gasteiger partial charge in [0.1, 0.15) is 5.69 Å². The quantitative estimate of drug-likeness (QED) is 0.714. The standard InChI is InChI=1S/C20H20N2OS/c1-12-7-13(2)9-16(8-12)21-20(23)17-10-15-5-4-6-18-19(15)22(17)11-14(3)24-18/h4-10,14H,11H2,1-3H3,(H,21,23)/t14-/m1/s1. The van der Waals surface area contributed by atoms with Crippen LogP contribution in [-0.2, 0) is 6.54 Å². The van der Waals surface area contributed by atoms with Gasteiger partial charge in [-0.1, -0.05) is 25.1 Å². The van der Waals surface area contributed by atoms with Gasteiger partial charge < -0.3 is 9.88 Å². The highest BCUT2D eigenvalue weighted by atomic mass is 32.2. The number of para-hydroxylation sites is 1.